The van der Waals surface area contributed by atoms with E-state index in [0.717, 1.165) is 24.9 Å². The summed E-state index contributed by atoms with van der Waals surface area (Å²) < 4.78 is 48.8. The van der Waals surface area contributed by atoms with Gasteiger partial charge in [-0.05, 0) is 61.9 Å². The lowest BCUT2D eigenvalue weighted by atomic mass is 10.1. The SMILES string of the molecule is CCC(Oc1ccc(S(=O)(=O)C2=C(C(C)C)OCC2)cc1)N(C)CCc1ccc(OC)c(OC)c1. The molecular weight excluding hydrogens is 466 g/mol. The molecule has 35 heavy (non-hydrogen) atoms. The van der Waals surface area contributed by atoms with Gasteiger partial charge in [0.05, 0.1) is 30.6 Å². The summed E-state index contributed by atoms with van der Waals surface area (Å²) in [6.07, 6.45) is 1.88. The molecule has 0 bridgehead atoms. The molecule has 0 N–H and O–H groups in total. The van der Waals surface area contributed by atoms with Gasteiger partial charge in [0.25, 0.3) is 0 Å². The fourth-order valence-corrected chi connectivity index (χ4v) is 5.87. The molecule has 192 valence electrons. The van der Waals surface area contributed by atoms with E-state index >= 15 is 0 Å². The zero-order valence-electron chi connectivity index (χ0n) is 21.5. The number of likely N-dealkylation sites (N-methyl/N-ethyl adjacent to an activating group) is 1. The van der Waals surface area contributed by atoms with E-state index in [1.165, 1.54) is 0 Å². The standard InChI is InChI=1S/C27H37NO6S/c1-7-26(28(4)16-14-20-8-13-23(31-5)24(18-20)32-6)34-21-9-11-22(12-10-21)35(29,30)25-15-17-33-27(25)19(2)3/h8-13,18-19,26H,7,14-17H2,1-6H3. The van der Waals surface area contributed by atoms with Gasteiger partial charge >= 0.3 is 0 Å². The number of hydrogen-bond acceptors (Lipinski definition) is 7. The summed E-state index contributed by atoms with van der Waals surface area (Å²) in [6, 6.07) is 12.6. The van der Waals surface area contributed by atoms with Gasteiger partial charge in [-0.1, -0.05) is 26.8 Å². The highest BCUT2D eigenvalue weighted by Gasteiger charge is 2.30. The first-order valence-corrected chi connectivity index (χ1v) is 13.5. The van der Waals surface area contributed by atoms with E-state index in [9.17, 15) is 8.42 Å². The van der Waals surface area contributed by atoms with Gasteiger partial charge in [-0.2, -0.15) is 0 Å². The number of ether oxygens (including phenoxy) is 4. The van der Waals surface area contributed by atoms with E-state index in [1.54, 1.807) is 38.5 Å². The minimum atomic E-state index is -3.58. The Morgan fingerprint density at radius 2 is 1.71 bits per heavy atom. The molecule has 1 unspecified atom stereocenters. The van der Waals surface area contributed by atoms with E-state index in [4.69, 9.17) is 18.9 Å². The second-order valence-electron chi connectivity index (χ2n) is 8.92. The van der Waals surface area contributed by atoms with Crippen molar-refractivity contribution in [2.75, 3.05) is 34.4 Å². The maximum absolute atomic E-state index is 13.1. The highest BCUT2D eigenvalue weighted by molar-refractivity contribution is 7.95. The summed E-state index contributed by atoms with van der Waals surface area (Å²) in [4.78, 5) is 2.80. The number of nitrogens with zero attached hydrogens (tertiary/aromatic N) is 1. The molecule has 0 saturated carbocycles. The molecule has 0 amide bonds. The topological polar surface area (TPSA) is 74.3 Å². The van der Waals surface area contributed by atoms with Gasteiger partial charge in [-0.15, -0.1) is 0 Å². The molecule has 0 aliphatic carbocycles. The van der Waals surface area contributed by atoms with Gasteiger partial charge in [0.15, 0.2) is 17.7 Å². The van der Waals surface area contributed by atoms with E-state index < -0.39 is 9.84 Å². The second-order valence-corrected chi connectivity index (χ2v) is 10.9. The van der Waals surface area contributed by atoms with Crippen LogP contribution in [0, 0.1) is 5.92 Å². The van der Waals surface area contributed by atoms with E-state index in [2.05, 4.69) is 11.8 Å². The van der Waals surface area contributed by atoms with Crippen molar-refractivity contribution in [2.45, 2.75) is 51.2 Å². The summed E-state index contributed by atoms with van der Waals surface area (Å²) in [5.74, 6) is 2.67. The minimum Gasteiger partial charge on any atom is -0.496 e. The number of hydrogen-bond donors (Lipinski definition) is 0. The molecule has 8 heteroatoms. The van der Waals surface area contributed by atoms with Crippen LogP contribution in [0.25, 0.3) is 0 Å². The van der Waals surface area contributed by atoms with E-state index in [0.29, 0.717) is 40.9 Å². The van der Waals surface area contributed by atoms with Crippen LogP contribution in [-0.2, 0) is 21.0 Å². The van der Waals surface area contributed by atoms with Crippen LogP contribution in [0.4, 0.5) is 0 Å². The predicted molar refractivity (Wildman–Crippen MR) is 137 cm³/mol. The predicted octanol–water partition coefficient (Wildman–Crippen LogP) is 5.05. The van der Waals surface area contributed by atoms with Crippen LogP contribution in [0.5, 0.6) is 17.2 Å². The number of methoxy groups -OCH3 is 2. The summed E-state index contributed by atoms with van der Waals surface area (Å²) in [7, 11) is 1.70. The van der Waals surface area contributed by atoms with Crippen molar-refractivity contribution in [3.05, 3.63) is 58.7 Å². The molecular formula is C27H37NO6S. The van der Waals surface area contributed by atoms with Crippen molar-refractivity contribution in [1.82, 2.24) is 4.90 Å². The lowest BCUT2D eigenvalue weighted by molar-refractivity contribution is 0.0427. The number of benzene rings is 2. The van der Waals surface area contributed by atoms with Crippen molar-refractivity contribution in [1.29, 1.82) is 0 Å². The molecule has 0 saturated heterocycles. The van der Waals surface area contributed by atoms with Crippen molar-refractivity contribution in [2.24, 2.45) is 5.92 Å². The van der Waals surface area contributed by atoms with Crippen LogP contribution in [0.1, 0.15) is 39.2 Å². The molecule has 3 rings (SSSR count). The first-order valence-electron chi connectivity index (χ1n) is 12.0. The molecule has 7 nitrogen and oxygen atoms in total. The largest absolute Gasteiger partial charge is 0.496 e. The van der Waals surface area contributed by atoms with Crippen LogP contribution < -0.4 is 14.2 Å². The quantitative estimate of drug-likeness (QED) is 0.375. The Balaban J connectivity index is 1.65. The Morgan fingerprint density at radius 1 is 1.03 bits per heavy atom. The van der Waals surface area contributed by atoms with Gasteiger partial charge in [-0.25, -0.2) is 8.42 Å². The zero-order valence-corrected chi connectivity index (χ0v) is 22.4. The Morgan fingerprint density at radius 3 is 2.31 bits per heavy atom. The molecule has 0 aromatic heterocycles. The number of sulfone groups is 1. The lowest BCUT2D eigenvalue weighted by Crippen LogP contribution is -2.37. The minimum absolute atomic E-state index is 0.0322. The van der Waals surface area contributed by atoms with E-state index in [-0.39, 0.29) is 17.0 Å². The fourth-order valence-electron chi connectivity index (χ4n) is 4.18. The van der Waals surface area contributed by atoms with Crippen LogP contribution in [0.2, 0.25) is 0 Å². The highest BCUT2D eigenvalue weighted by atomic mass is 32.2. The average Bonchev–Trinajstić information content (AvgIpc) is 3.37. The Hall–Kier alpha value is -2.71. The van der Waals surface area contributed by atoms with Crippen LogP contribution in [0.15, 0.2) is 58.0 Å². The third-order valence-electron chi connectivity index (χ3n) is 6.16. The second kappa shape index (κ2) is 11.8. The van der Waals surface area contributed by atoms with Gasteiger partial charge < -0.3 is 18.9 Å². The summed E-state index contributed by atoms with van der Waals surface area (Å²) in [6.45, 7) is 7.15. The molecule has 2 aromatic rings. The first kappa shape index (κ1) is 26.9. The molecule has 2 aromatic carbocycles. The summed E-state index contributed by atoms with van der Waals surface area (Å²) in [5, 5.41) is 0. The van der Waals surface area contributed by atoms with Crippen molar-refractivity contribution in [3.8, 4) is 17.2 Å². The van der Waals surface area contributed by atoms with Crippen LogP contribution in [-0.4, -0.2) is 54.0 Å². The molecule has 0 spiro atoms. The van der Waals surface area contributed by atoms with Gasteiger partial charge in [-0.3, -0.25) is 4.90 Å². The zero-order chi connectivity index (χ0) is 25.6. The maximum Gasteiger partial charge on any atom is 0.206 e. The van der Waals surface area contributed by atoms with E-state index in [1.807, 2.05) is 39.1 Å². The monoisotopic (exact) mass is 503 g/mol. The van der Waals surface area contributed by atoms with Crippen molar-refractivity contribution >= 4 is 9.84 Å². The molecule has 0 radical (unpaired) electrons. The molecule has 0 fully saturated rings. The normalized spacial score (nSPS) is 14.9. The smallest absolute Gasteiger partial charge is 0.206 e. The number of rotatable bonds is 12. The molecule has 1 heterocycles. The summed E-state index contributed by atoms with van der Waals surface area (Å²) in [5.41, 5.74) is 1.14. The number of allylic oxidation sites excluding steroid dienone is 1. The Labute approximate surface area is 209 Å². The third kappa shape index (κ3) is 6.30. The van der Waals surface area contributed by atoms with Gasteiger partial charge in [0, 0.05) is 18.9 Å². The van der Waals surface area contributed by atoms with Gasteiger partial charge in [0.2, 0.25) is 9.84 Å². The lowest BCUT2D eigenvalue weighted by Gasteiger charge is -2.28. The van der Waals surface area contributed by atoms with Crippen LogP contribution in [0.3, 0.4) is 0 Å². The van der Waals surface area contributed by atoms with Crippen molar-refractivity contribution in [3.63, 3.8) is 0 Å². The highest BCUT2D eigenvalue weighted by Crippen LogP contribution is 2.34. The first-order chi connectivity index (χ1) is 16.7. The van der Waals surface area contributed by atoms with Crippen LogP contribution >= 0.6 is 0 Å². The summed E-state index contributed by atoms with van der Waals surface area (Å²) >= 11 is 0. The fraction of sp³-hybridized carbons (Fsp3) is 0.481. The van der Waals surface area contributed by atoms with Crippen molar-refractivity contribution < 1.29 is 27.4 Å². The third-order valence-corrected chi connectivity index (χ3v) is 8.11. The molecule has 1 aliphatic rings. The Bertz CT molecular complexity index is 1120. The Kier molecular flexibility index (Phi) is 9.08. The molecule has 1 aliphatic heterocycles. The maximum atomic E-state index is 13.1. The molecule has 1 atom stereocenters. The average molecular weight is 504 g/mol. The van der Waals surface area contributed by atoms with Gasteiger partial charge in [0.1, 0.15) is 11.5 Å².